The van der Waals surface area contributed by atoms with Crippen molar-refractivity contribution in [3.05, 3.63) is 98.1 Å². The molecule has 11 nitrogen and oxygen atoms in total. The van der Waals surface area contributed by atoms with Crippen LogP contribution in [0.15, 0.2) is 64.4 Å². The fourth-order valence-electron chi connectivity index (χ4n) is 3.45. The Bertz CT molecular complexity index is 1790. The second-order valence-electron chi connectivity index (χ2n) is 7.47. The van der Waals surface area contributed by atoms with E-state index in [4.69, 9.17) is 8.92 Å². The lowest BCUT2D eigenvalue weighted by molar-refractivity contribution is -0.387. The van der Waals surface area contributed by atoms with Gasteiger partial charge in [-0.3, -0.25) is 19.5 Å². The van der Waals surface area contributed by atoms with E-state index in [2.05, 4.69) is 4.98 Å². The lowest BCUT2D eigenvalue weighted by atomic mass is 10.1. The third-order valence-electron chi connectivity index (χ3n) is 5.08. The number of ether oxygens (including phenoxy) is 1. The summed E-state index contributed by atoms with van der Waals surface area (Å²) in [5, 5.41) is 10.6. The van der Waals surface area contributed by atoms with Crippen LogP contribution in [0, 0.1) is 27.6 Å². The van der Waals surface area contributed by atoms with Gasteiger partial charge in [-0.05, 0) is 31.2 Å². The number of benzene rings is 2. The van der Waals surface area contributed by atoms with Gasteiger partial charge in [-0.2, -0.15) is 13.4 Å². The van der Waals surface area contributed by atoms with E-state index in [-0.39, 0.29) is 6.61 Å². The number of halogens is 3. The van der Waals surface area contributed by atoms with Gasteiger partial charge in [-0.25, -0.2) is 18.0 Å². The number of pyridine rings is 2. The molecule has 4 aromatic rings. The van der Waals surface area contributed by atoms with Gasteiger partial charge in [0.1, 0.15) is 17.2 Å². The van der Waals surface area contributed by atoms with Crippen LogP contribution in [0.5, 0.6) is 5.88 Å². The quantitative estimate of drug-likeness (QED) is 0.146. The number of carbonyl (C=O) groups is 1. The molecule has 0 saturated carbocycles. The number of carbonyl (C=O) groups excluding carboxylic acids is 1. The molecule has 0 saturated heterocycles. The summed E-state index contributed by atoms with van der Waals surface area (Å²) >= 11 is 0. The molecule has 0 aliphatic carbocycles. The summed E-state index contributed by atoms with van der Waals surface area (Å²) in [5.41, 5.74) is -3.63. The van der Waals surface area contributed by atoms with Crippen LogP contribution >= 0.6 is 0 Å². The molecule has 0 N–H and O–H groups in total. The van der Waals surface area contributed by atoms with Crippen molar-refractivity contribution in [3.63, 3.8) is 0 Å². The summed E-state index contributed by atoms with van der Waals surface area (Å²) in [7, 11) is -5.04. The molecule has 0 aliphatic heterocycles. The first-order valence-electron chi connectivity index (χ1n) is 10.5. The molecule has 0 amide bonds. The fraction of sp³-hybridized carbons (Fsp3) is 0.0870. The number of para-hydroxylation sites is 1. The highest BCUT2D eigenvalue weighted by Gasteiger charge is 2.30. The normalized spacial score (nSPS) is 11.4. The minimum atomic E-state index is -5.04. The van der Waals surface area contributed by atoms with Crippen molar-refractivity contribution in [1.82, 2.24) is 9.55 Å². The second-order valence-corrected chi connectivity index (χ2v) is 8.98. The minimum absolute atomic E-state index is 0.135. The molecule has 0 bridgehead atoms. The van der Waals surface area contributed by atoms with Gasteiger partial charge >= 0.3 is 16.1 Å². The van der Waals surface area contributed by atoms with Crippen molar-refractivity contribution in [1.29, 1.82) is 0 Å². The maximum atomic E-state index is 15.0. The Morgan fingerprint density at radius 1 is 1.11 bits per heavy atom. The summed E-state index contributed by atoms with van der Waals surface area (Å²) < 4.78 is 79.1. The Labute approximate surface area is 211 Å². The Balaban J connectivity index is 1.98. The SMILES string of the molecule is CCOC(=O)c1cn(-c2ccc(F)cc2F)c2nc(OS(=O)(=O)c3ccccc3[N+](=O)[O-])c(F)cc2c1=O. The summed E-state index contributed by atoms with van der Waals surface area (Å²) in [6.07, 6.45) is 0.810. The van der Waals surface area contributed by atoms with Gasteiger partial charge in [0.05, 0.1) is 22.6 Å². The standard InChI is InChI=1S/C23H14F3N3O8S/c1-2-36-23(31)14-11-28(17-8-7-12(24)9-15(17)25)21-13(20(14)30)10-16(26)22(27-21)37-38(34,35)19-6-4-3-5-18(19)29(32)33/h3-11H,2H2,1H3. The smallest absolute Gasteiger partial charge is 0.347 e. The van der Waals surface area contributed by atoms with Crippen molar-refractivity contribution in [3.8, 4) is 11.6 Å². The molecule has 4 rings (SSSR count). The highest BCUT2D eigenvalue weighted by molar-refractivity contribution is 7.87. The number of nitro benzene ring substituents is 1. The summed E-state index contributed by atoms with van der Waals surface area (Å²) in [6.45, 7) is 1.32. The summed E-state index contributed by atoms with van der Waals surface area (Å²) in [6, 6.07) is 6.86. The zero-order valence-corrected chi connectivity index (χ0v) is 19.9. The van der Waals surface area contributed by atoms with Gasteiger partial charge in [0.2, 0.25) is 5.43 Å². The first kappa shape index (κ1) is 26.3. The van der Waals surface area contributed by atoms with Gasteiger partial charge in [0, 0.05) is 18.3 Å². The molecule has 0 atom stereocenters. The Kier molecular flexibility index (Phi) is 6.87. The molecule has 0 spiro atoms. The van der Waals surface area contributed by atoms with Crippen LogP contribution in [0.3, 0.4) is 0 Å². The highest BCUT2D eigenvalue weighted by atomic mass is 32.2. The topological polar surface area (TPSA) is 148 Å². The number of esters is 1. The van der Waals surface area contributed by atoms with Gasteiger partial charge in [0.25, 0.3) is 11.6 Å². The van der Waals surface area contributed by atoms with E-state index in [0.717, 1.165) is 35.0 Å². The number of nitrogens with zero attached hydrogens (tertiary/aromatic N) is 3. The monoisotopic (exact) mass is 549 g/mol. The van der Waals surface area contributed by atoms with Crippen LogP contribution in [0.1, 0.15) is 17.3 Å². The lowest BCUT2D eigenvalue weighted by Gasteiger charge is -2.15. The van der Waals surface area contributed by atoms with Crippen molar-refractivity contribution >= 4 is 32.8 Å². The molecule has 2 heterocycles. The minimum Gasteiger partial charge on any atom is -0.462 e. The second kappa shape index (κ2) is 9.93. The zero-order chi connectivity index (χ0) is 27.8. The number of nitro groups is 1. The van der Waals surface area contributed by atoms with E-state index in [1.807, 2.05) is 0 Å². The molecule has 38 heavy (non-hydrogen) atoms. The van der Waals surface area contributed by atoms with Gasteiger partial charge in [0.15, 0.2) is 16.4 Å². The number of aromatic nitrogens is 2. The molecular weight excluding hydrogens is 535 g/mol. The van der Waals surface area contributed by atoms with E-state index in [1.165, 1.54) is 19.1 Å². The predicted molar refractivity (Wildman–Crippen MR) is 124 cm³/mol. The molecule has 15 heteroatoms. The fourth-order valence-corrected chi connectivity index (χ4v) is 4.51. The van der Waals surface area contributed by atoms with Crippen LogP contribution < -0.4 is 9.61 Å². The van der Waals surface area contributed by atoms with Crippen LogP contribution in [0.4, 0.5) is 18.9 Å². The number of fused-ring (bicyclic) bond motifs is 1. The Morgan fingerprint density at radius 3 is 2.47 bits per heavy atom. The summed E-state index contributed by atoms with van der Waals surface area (Å²) in [5.74, 6) is -6.00. The van der Waals surface area contributed by atoms with Gasteiger partial charge in [-0.15, -0.1) is 0 Å². The Morgan fingerprint density at radius 2 is 1.82 bits per heavy atom. The van der Waals surface area contributed by atoms with Crippen LogP contribution in [0.25, 0.3) is 16.7 Å². The van der Waals surface area contributed by atoms with Gasteiger partial charge < -0.3 is 8.92 Å². The largest absolute Gasteiger partial charge is 0.462 e. The average Bonchev–Trinajstić information content (AvgIpc) is 2.85. The molecule has 0 radical (unpaired) electrons. The van der Waals surface area contributed by atoms with Crippen molar-refractivity contribution in [2.75, 3.05) is 6.61 Å². The number of hydrogen-bond acceptors (Lipinski definition) is 9. The molecule has 0 unspecified atom stereocenters. The number of rotatable bonds is 7. The molecule has 0 fully saturated rings. The van der Waals surface area contributed by atoms with E-state index in [0.29, 0.717) is 12.1 Å². The van der Waals surface area contributed by atoms with Crippen LogP contribution in [0.2, 0.25) is 0 Å². The Hall–Kier alpha value is -4.79. The van der Waals surface area contributed by atoms with E-state index in [1.54, 1.807) is 0 Å². The van der Waals surface area contributed by atoms with Crippen molar-refractivity contribution < 1.29 is 40.2 Å². The first-order valence-corrected chi connectivity index (χ1v) is 11.9. The van der Waals surface area contributed by atoms with Crippen LogP contribution in [-0.2, 0) is 14.9 Å². The van der Waals surface area contributed by atoms with E-state index in [9.17, 15) is 41.3 Å². The first-order chi connectivity index (χ1) is 17.9. The van der Waals surface area contributed by atoms with E-state index >= 15 is 0 Å². The predicted octanol–water partition coefficient (Wildman–Crippen LogP) is 3.66. The van der Waals surface area contributed by atoms with Crippen molar-refractivity contribution in [2.24, 2.45) is 0 Å². The molecular formula is C23H14F3N3O8S. The molecule has 2 aromatic heterocycles. The molecule has 196 valence electrons. The van der Waals surface area contributed by atoms with E-state index < -0.39 is 82.6 Å². The average molecular weight is 549 g/mol. The van der Waals surface area contributed by atoms with Gasteiger partial charge in [-0.1, -0.05) is 12.1 Å². The van der Waals surface area contributed by atoms with Crippen LogP contribution in [-0.4, -0.2) is 35.5 Å². The lowest BCUT2D eigenvalue weighted by Crippen LogP contribution is -2.22. The summed E-state index contributed by atoms with van der Waals surface area (Å²) in [4.78, 5) is 38.4. The highest BCUT2D eigenvalue weighted by Crippen LogP contribution is 2.29. The third kappa shape index (κ3) is 4.78. The zero-order valence-electron chi connectivity index (χ0n) is 19.1. The third-order valence-corrected chi connectivity index (χ3v) is 6.35. The maximum absolute atomic E-state index is 15.0. The van der Waals surface area contributed by atoms with Crippen molar-refractivity contribution in [2.45, 2.75) is 11.8 Å². The molecule has 0 aliphatic rings. The maximum Gasteiger partial charge on any atom is 0.347 e. The molecule has 2 aromatic carbocycles. The number of hydrogen-bond donors (Lipinski definition) is 0.